The highest BCUT2D eigenvalue weighted by molar-refractivity contribution is 7.99. The molecule has 1 unspecified atom stereocenters. The van der Waals surface area contributed by atoms with Crippen LogP contribution in [-0.2, 0) is 17.8 Å². The zero-order valence-corrected chi connectivity index (χ0v) is 13.4. The Balaban J connectivity index is 1.54. The van der Waals surface area contributed by atoms with Gasteiger partial charge in [0.05, 0.1) is 18.1 Å². The van der Waals surface area contributed by atoms with Crippen LogP contribution in [0.3, 0.4) is 0 Å². The summed E-state index contributed by atoms with van der Waals surface area (Å²) < 4.78 is 7.44. The second-order valence-electron chi connectivity index (χ2n) is 5.45. The van der Waals surface area contributed by atoms with Crippen LogP contribution in [0.1, 0.15) is 43.8 Å². The van der Waals surface area contributed by atoms with Gasteiger partial charge >= 0.3 is 0 Å². The van der Waals surface area contributed by atoms with Crippen LogP contribution in [0.5, 0.6) is 0 Å². The number of hydrogen-bond acceptors (Lipinski definition) is 5. The Bertz CT molecular complexity index is 624. The van der Waals surface area contributed by atoms with E-state index in [9.17, 15) is 4.79 Å². The smallest absolute Gasteiger partial charge is 0.231 e. The number of nitrogens with zero attached hydrogens (tertiary/aromatic N) is 3. The molecule has 0 fully saturated rings. The van der Waals surface area contributed by atoms with Crippen molar-refractivity contribution in [2.45, 2.75) is 50.4 Å². The molecule has 3 rings (SSSR count). The molecule has 0 saturated carbocycles. The van der Waals surface area contributed by atoms with Gasteiger partial charge in [-0.3, -0.25) is 4.79 Å². The van der Waals surface area contributed by atoms with Gasteiger partial charge in [-0.2, -0.15) is 0 Å². The number of amides is 1. The number of furan rings is 1. The molecule has 6 nitrogen and oxygen atoms in total. The maximum absolute atomic E-state index is 12.0. The molecule has 1 atom stereocenters. The molecule has 0 aromatic carbocycles. The van der Waals surface area contributed by atoms with Crippen LogP contribution >= 0.6 is 11.8 Å². The molecule has 0 aliphatic carbocycles. The van der Waals surface area contributed by atoms with E-state index in [1.165, 1.54) is 24.6 Å². The molecule has 0 saturated heterocycles. The van der Waals surface area contributed by atoms with Crippen molar-refractivity contribution in [3.8, 4) is 0 Å². The summed E-state index contributed by atoms with van der Waals surface area (Å²) in [7, 11) is 0. The Kier molecular flexibility index (Phi) is 4.82. The third kappa shape index (κ3) is 3.52. The summed E-state index contributed by atoms with van der Waals surface area (Å²) in [4.78, 5) is 12.0. The molecule has 1 aliphatic rings. The molecule has 2 aromatic rings. The van der Waals surface area contributed by atoms with Crippen molar-refractivity contribution in [2.24, 2.45) is 0 Å². The predicted octanol–water partition coefficient (Wildman–Crippen LogP) is 2.57. The molecule has 0 radical (unpaired) electrons. The summed E-state index contributed by atoms with van der Waals surface area (Å²) in [5.74, 6) is 2.11. The molecular weight excluding hydrogens is 300 g/mol. The molecule has 1 amide bonds. The topological polar surface area (TPSA) is 73.0 Å². The van der Waals surface area contributed by atoms with Crippen molar-refractivity contribution in [2.75, 3.05) is 5.75 Å². The van der Waals surface area contributed by atoms with Crippen molar-refractivity contribution < 1.29 is 9.21 Å². The van der Waals surface area contributed by atoms with Crippen LogP contribution in [0.15, 0.2) is 28.0 Å². The minimum absolute atomic E-state index is 0.0279. The van der Waals surface area contributed by atoms with E-state index in [0.717, 1.165) is 36.1 Å². The number of hydrogen-bond donors (Lipinski definition) is 1. The van der Waals surface area contributed by atoms with Gasteiger partial charge in [-0.05, 0) is 31.9 Å². The number of carbonyl (C=O) groups is 1. The minimum atomic E-state index is -0.126. The molecule has 7 heteroatoms. The summed E-state index contributed by atoms with van der Waals surface area (Å²) in [5, 5.41) is 12.2. The van der Waals surface area contributed by atoms with Crippen molar-refractivity contribution in [3.05, 3.63) is 30.0 Å². The van der Waals surface area contributed by atoms with Crippen molar-refractivity contribution in [1.29, 1.82) is 0 Å². The molecule has 118 valence electrons. The number of thioether (sulfide) groups is 1. The van der Waals surface area contributed by atoms with Crippen LogP contribution < -0.4 is 5.32 Å². The highest BCUT2D eigenvalue weighted by Crippen LogP contribution is 2.22. The fraction of sp³-hybridized carbons (Fsp3) is 0.533. The average molecular weight is 320 g/mol. The van der Waals surface area contributed by atoms with Gasteiger partial charge in [-0.1, -0.05) is 18.2 Å². The van der Waals surface area contributed by atoms with E-state index in [1.54, 1.807) is 6.26 Å². The van der Waals surface area contributed by atoms with E-state index in [0.29, 0.717) is 5.75 Å². The van der Waals surface area contributed by atoms with E-state index in [-0.39, 0.29) is 11.9 Å². The number of aromatic nitrogens is 3. The molecule has 22 heavy (non-hydrogen) atoms. The van der Waals surface area contributed by atoms with Crippen LogP contribution in [0, 0.1) is 0 Å². The van der Waals surface area contributed by atoms with Gasteiger partial charge in [0.15, 0.2) is 5.16 Å². The SMILES string of the molecule is CC(NC(=O)CSc1nnc2n1CCCCC2)c1ccco1. The van der Waals surface area contributed by atoms with E-state index in [4.69, 9.17) is 4.42 Å². The number of fused-ring (bicyclic) bond motifs is 1. The molecule has 1 aliphatic heterocycles. The number of carbonyl (C=O) groups excluding carboxylic acids is 1. The van der Waals surface area contributed by atoms with Gasteiger partial charge < -0.3 is 14.3 Å². The molecule has 0 bridgehead atoms. The maximum Gasteiger partial charge on any atom is 0.231 e. The van der Waals surface area contributed by atoms with Crippen LogP contribution in [-0.4, -0.2) is 26.4 Å². The zero-order chi connectivity index (χ0) is 15.4. The Hall–Kier alpha value is -1.76. The Labute approximate surface area is 133 Å². The first-order valence-electron chi connectivity index (χ1n) is 7.61. The van der Waals surface area contributed by atoms with Gasteiger partial charge in [0.2, 0.25) is 5.91 Å². The zero-order valence-electron chi connectivity index (χ0n) is 12.6. The Morgan fingerprint density at radius 3 is 3.18 bits per heavy atom. The summed E-state index contributed by atoms with van der Waals surface area (Å²) in [6, 6.07) is 3.55. The normalized spacial score (nSPS) is 15.9. The lowest BCUT2D eigenvalue weighted by Gasteiger charge is -2.11. The van der Waals surface area contributed by atoms with E-state index >= 15 is 0 Å². The Morgan fingerprint density at radius 1 is 1.45 bits per heavy atom. The maximum atomic E-state index is 12.0. The summed E-state index contributed by atoms with van der Waals surface area (Å²) >= 11 is 1.45. The van der Waals surface area contributed by atoms with E-state index < -0.39 is 0 Å². The number of nitrogens with one attached hydrogen (secondary N) is 1. The van der Waals surface area contributed by atoms with Gasteiger partial charge in [0, 0.05) is 13.0 Å². The van der Waals surface area contributed by atoms with Crippen molar-refractivity contribution in [1.82, 2.24) is 20.1 Å². The summed E-state index contributed by atoms with van der Waals surface area (Å²) in [6.45, 7) is 2.86. The Morgan fingerprint density at radius 2 is 2.36 bits per heavy atom. The first kappa shape index (κ1) is 15.1. The minimum Gasteiger partial charge on any atom is -0.467 e. The molecule has 1 N–H and O–H groups in total. The first-order valence-corrected chi connectivity index (χ1v) is 8.60. The third-order valence-corrected chi connectivity index (χ3v) is 4.72. The largest absolute Gasteiger partial charge is 0.467 e. The summed E-state index contributed by atoms with van der Waals surface area (Å²) in [6.07, 6.45) is 6.15. The van der Waals surface area contributed by atoms with Gasteiger partial charge in [0.1, 0.15) is 11.6 Å². The van der Waals surface area contributed by atoms with Crippen LogP contribution in [0.25, 0.3) is 0 Å². The fourth-order valence-corrected chi connectivity index (χ4v) is 3.38. The van der Waals surface area contributed by atoms with Gasteiger partial charge in [-0.15, -0.1) is 10.2 Å². The predicted molar refractivity (Wildman–Crippen MR) is 83.6 cm³/mol. The average Bonchev–Trinajstić information content (AvgIpc) is 3.11. The first-order chi connectivity index (χ1) is 10.7. The van der Waals surface area contributed by atoms with E-state index in [2.05, 4.69) is 20.1 Å². The fourth-order valence-electron chi connectivity index (χ4n) is 2.59. The van der Waals surface area contributed by atoms with Crippen molar-refractivity contribution in [3.63, 3.8) is 0 Å². The highest BCUT2D eigenvalue weighted by atomic mass is 32.2. The van der Waals surface area contributed by atoms with Gasteiger partial charge in [-0.25, -0.2) is 0 Å². The molecule has 3 heterocycles. The number of aryl methyl sites for hydroxylation is 1. The lowest BCUT2D eigenvalue weighted by molar-refractivity contribution is -0.119. The molecule has 2 aromatic heterocycles. The molecule has 0 spiro atoms. The highest BCUT2D eigenvalue weighted by Gasteiger charge is 2.17. The van der Waals surface area contributed by atoms with Crippen LogP contribution in [0.2, 0.25) is 0 Å². The monoisotopic (exact) mass is 320 g/mol. The second-order valence-corrected chi connectivity index (χ2v) is 6.40. The van der Waals surface area contributed by atoms with Gasteiger partial charge in [0.25, 0.3) is 0 Å². The van der Waals surface area contributed by atoms with Crippen molar-refractivity contribution >= 4 is 17.7 Å². The third-order valence-electron chi connectivity index (χ3n) is 3.76. The lowest BCUT2D eigenvalue weighted by Crippen LogP contribution is -2.28. The number of rotatable bonds is 5. The second kappa shape index (κ2) is 7.00. The van der Waals surface area contributed by atoms with Crippen LogP contribution in [0.4, 0.5) is 0 Å². The quantitative estimate of drug-likeness (QED) is 0.857. The standard InChI is InChI=1S/C15H20N4O2S/c1-11(12-6-5-9-21-12)16-14(20)10-22-15-18-17-13-7-3-2-4-8-19(13)15/h5-6,9,11H,2-4,7-8,10H2,1H3,(H,16,20). The lowest BCUT2D eigenvalue weighted by atomic mass is 10.2. The summed E-state index contributed by atoms with van der Waals surface area (Å²) in [5.41, 5.74) is 0. The molecular formula is C15H20N4O2S. The van der Waals surface area contributed by atoms with E-state index in [1.807, 2.05) is 19.1 Å².